The van der Waals surface area contributed by atoms with Crippen molar-refractivity contribution in [2.24, 2.45) is 4.99 Å². The van der Waals surface area contributed by atoms with Crippen molar-refractivity contribution in [3.05, 3.63) is 59.7 Å². The average Bonchev–Trinajstić information content (AvgIpc) is 3.29. The van der Waals surface area contributed by atoms with Crippen LogP contribution in [-0.2, 0) is 5.75 Å². The van der Waals surface area contributed by atoms with Gasteiger partial charge in [-0.05, 0) is 23.8 Å². The van der Waals surface area contributed by atoms with E-state index in [1.807, 2.05) is 42.5 Å². The molecule has 7 heteroatoms. The second-order valence-corrected chi connectivity index (χ2v) is 8.72. The van der Waals surface area contributed by atoms with Gasteiger partial charge in [-0.2, -0.15) is 0 Å². The first-order chi connectivity index (χ1) is 12.3. The zero-order valence-electron chi connectivity index (χ0n) is 13.3. The summed E-state index contributed by atoms with van der Waals surface area (Å²) in [4.78, 5) is 21.5. The molecule has 3 aromatic rings. The van der Waals surface area contributed by atoms with Gasteiger partial charge in [0.05, 0.1) is 16.8 Å². The first-order valence-electron chi connectivity index (χ1n) is 7.84. The predicted molar refractivity (Wildman–Crippen MR) is 108 cm³/mol. The fraction of sp³-hybridized carbons (Fsp3) is 0.167. The van der Waals surface area contributed by atoms with E-state index in [4.69, 9.17) is 0 Å². The fourth-order valence-electron chi connectivity index (χ4n) is 2.50. The molecule has 0 fully saturated rings. The van der Waals surface area contributed by atoms with Crippen LogP contribution in [0.25, 0.3) is 10.2 Å². The highest BCUT2D eigenvalue weighted by atomic mass is 32.2. The maximum Gasteiger partial charge on any atom is 0.257 e. The molecule has 1 amide bonds. The smallest absolute Gasteiger partial charge is 0.257 e. The minimum Gasteiger partial charge on any atom is -0.301 e. The number of fused-ring (bicyclic) bond motifs is 1. The number of carbonyl (C=O) groups excluding carboxylic acids is 1. The molecule has 0 atom stereocenters. The summed E-state index contributed by atoms with van der Waals surface area (Å²) in [6.07, 6.45) is 0. The summed E-state index contributed by atoms with van der Waals surface area (Å²) >= 11 is 4.94. The molecular weight excluding hydrogens is 370 g/mol. The van der Waals surface area contributed by atoms with Crippen LogP contribution < -0.4 is 5.32 Å². The van der Waals surface area contributed by atoms with Crippen molar-refractivity contribution in [3.8, 4) is 0 Å². The number of para-hydroxylation sites is 1. The average molecular weight is 386 g/mol. The minimum absolute atomic E-state index is 0.0892. The van der Waals surface area contributed by atoms with E-state index in [9.17, 15) is 4.79 Å². The van der Waals surface area contributed by atoms with Gasteiger partial charge in [-0.3, -0.25) is 9.79 Å². The molecule has 1 aliphatic heterocycles. The van der Waals surface area contributed by atoms with Crippen LogP contribution >= 0.6 is 34.9 Å². The van der Waals surface area contributed by atoms with Gasteiger partial charge in [0.1, 0.15) is 0 Å². The molecule has 0 bridgehead atoms. The maximum atomic E-state index is 12.5. The third kappa shape index (κ3) is 3.89. The van der Waals surface area contributed by atoms with E-state index in [1.165, 1.54) is 4.70 Å². The molecule has 0 unspecified atom stereocenters. The number of amides is 1. The zero-order chi connectivity index (χ0) is 17.1. The van der Waals surface area contributed by atoms with Crippen LogP contribution in [0.1, 0.15) is 15.9 Å². The highest BCUT2D eigenvalue weighted by Gasteiger charge is 2.16. The van der Waals surface area contributed by atoms with Gasteiger partial charge in [0.2, 0.25) is 0 Å². The van der Waals surface area contributed by atoms with Gasteiger partial charge in [0.15, 0.2) is 9.51 Å². The SMILES string of the molecule is O=C(NC1=NCCS1)c1ccccc1CSc1nc2ccccc2s1. The molecule has 4 rings (SSSR count). The van der Waals surface area contributed by atoms with E-state index in [-0.39, 0.29) is 5.91 Å². The van der Waals surface area contributed by atoms with Gasteiger partial charge in [-0.15, -0.1) is 11.3 Å². The van der Waals surface area contributed by atoms with Crippen LogP contribution in [0.5, 0.6) is 0 Å². The first kappa shape index (κ1) is 16.6. The molecule has 0 radical (unpaired) electrons. The summed E-state index contributed by atoms with van der Waals surface area (Å²) in [6.45, 7) is 0.773. The summed E-state index contributed by atoms with van der Waals surface area (Å²) in [7, 11) is 0. The summed E-state index contributed by atoms with van der Waals surface area (Å²) in [5, 5.41) is 3.63. The quantitative estimate of drug-likeness (QED) is 0.676. The Balaban J connectivity index is 1.49. The number of aliphatic imine (C=N–C) groups is 1. The van der Waals surface area contributed by atoms with E-state index >= 15 is 0 Å². The lowest BCUT2D eigenvalue weighted by atomic mass is 10.1. The van der Waals surface area contributed by atoms with Crippen LogP contribution in [0, 0.1) is 0 Å². The van der Waals surface area contributed by atoms with Crippen LogP contribution in [0.4, 0.5) is 0 Å². The van der Waals surface area contributed by atoms with Crippen molar-refractivity contribution in [1.82, 2.24) is 10.3 Å². The van der Waals surface area contributed by atoms with Crippen molar-refractivity contribution in [2.45, 2.75) is 10.1 Å². The number of aromatic nitrogens is 1. The normalized spacial score (nSPS) is 13.8. The van der Waals surface area contributed by atoms with E-state index in [0.717, 1.165) is 32.9 Å². The molecule has 0 saturated carbocycles. The lowest BCUT2D eigenvalue weighted by molar-refractivity contribution is 0.0977. The predicted octanol–water partition coefficient (Wildman–Crippen LogP) is 4.42. The molecule has 0 aliphatic carbocycles. The van der Waals surface area contributed by atoms with E-state index in [1.54, 1.807) is 34.9 Å². The van der Waals surface area contributed by atoms with Gasteiger partial charge >= 0.3 is 0 Å². The van der Waals surface area contributed by atoms with Gasteiger partial charge in [-0.1, -0.05) is 53.9 Å². The highest BCUT2D eigenvalue weighted by molar-refractivity contribution is 8.14. The minimum atomic E-state index is -0.0892. The largest absolute Gasteiger partial charge is 0.301 e. The van der Waals surface area contributed by atoms with Crippen molar-refractivity contribution < 1.29 is 4.79 Å². The second-order valence-electron chi connectivity index (χ2n) is 5.38. The highest BCUT2D eigenvalue weighted by Crippen LogP contribution is 2.32. The number of carbonyl (C=O) groups is 1. The fourth-order valence-corrected chi connectivity index (χ4v) is 5.29. The van der Waals surface area contributed by atoms with Crippen molar-refractivity contribution in [2.75, 3.05) is 12.3 Å². The number of benzene rings is 2. The Morgan fingerprint density at radius 2 is 2.00 bits per heavy atom. The van der Waals surface area contributed by atoms with Crippen LogP contribution in [-0.4, -0.2) is 28.4 Å². The molecule has 1 N–H and O–H groups in total. The number of nitrogens with zero attached hydrogens (tertiary/aromatic N) is 2. The Hall–Kier alpha value is -1.83. The van der Waals surface area contributed by atoms with Gasteiger partial charge in [-0.25, -0.2) is 4.98 Å². The lowest BCUT2D eigenvalue weighted by Gasteiger charge is -2.09. The Labute approximate surface area is 158 Å². The number of hydrogen-bond donors (Lipinski definition) is 1. The van der Waals surface area contributed by atoms with E-state index in [2.05, 4.69) is 21.4 Å². The third-order valence-corrected chi connectivity index (χ3v) is 6.81. The molecule has 1 aromatic heterocycles. The lowest BCUT2D eigenvalue weighted by Crippen LogP contribution is -2.28. The first-order valence-corrected chi connectivity index (χ1v) is 10.6. The number of rotatable bonds is 4. The van der Waals surface area contributed by atoms with Gasteiger partial charge in [0, 0.05) is 17.1 Å². The van der Waals surface area contributed by atoms with E-state index in [0.29, 0.717) is 11.3 Å². The van der Waals surface area contributed by atoms with Crippen LogP contribution in [0.3, 0.4) is 0 Å². The molecule has 4 nitrogen and oxygen atoms in total. The third-order valence-electron chi connectivity index (χ3n) is 3.69. The Bertz CT molecular complexity index is 918. The number of thioether (sulfide) groups is 2. The van der Waals surface area contributed by atoms with Crippen molar-refractivity contribution in [1.29, 1.82) is 0 Å². The summed E-state index contributed by atoms with van der Waals surface area (Å²) in [5.74, 6) is 1.56. The number of hydrogen-bond acceptors (Lipinski definition) is 6. The Morgan fingerprint density at radius 3 is 2.84 bits per heavy atom. The molecule has 0 spiro atoms. The second kappa shape index (κ2) is 7.59. The molecule has 1 aliphatic rings. The zero-order valence-corrected chi connectivity index (χ0v) is 15.7. The standard InChI is InChI=1S/C18H15N3OS3/c22-16(21-17-19-9-10-23-17)13-6-2-1-5-12(13)11-24-18-20-14-7-3-4-8-15(14)25-18/h1-8H,9-11H2,(H,19,21,22). The van der Waals surface area contributed by atoms with Gasteiger partial charge < -0.3 is 5.32 Å². The van der Waals surface area contributed by atoms with Crippen LogP contribution in [0.15, 0.2) is 57.9 Å². The molecule has 2 aromatic carbocycles. The Morgan fingerprint density at radius 1 is 1.16 bits per heavy atom. The van der Waals surface area contributed by atoms with Crippen molar-refractivity contribution in [3.63, 3.8) is 0 Å². The molecular formula is C18H15N3OS3. The van der Waals surface area contributed by atoms with Gasteiger partial charge in [0.25, 0.3) is 5.91 Å². The molecule has 126 valence electrons. The molecule has 25 heavy (non-hydrogen) atoms. The molecule has 0 saturated heterocycles. The molecule has 2 heterocycles. The number of thiazole rings is 1. The maximum absolute atomic E-state index is 12.5. The number of amidine groups is 1. The van der Waals surface area contributed by atoms with Crippen molar-refractivity contribution >= 4 is 56.2 Å². The topological polar surface area (TPSA) is 54.4 Å². The monoisotopic (exact) mass is 385 g/mol. The summed E-state index contributed by atoms with van der Waals surface area (Å²) in [5.41, 5.74) is 2.73. The van der Waals surface area contributed by atoms with Crippen LogP contribution in [0.2, 0.25) is 0 Å². The Kier molecular flexibility index (Phi) is 5.05. The summed E-state index contributed by atoms with van der Waals surface area (Å²) in [6, 6.07) is 15.9. The van der Waals surface area contributed by atoms with E-state index < -0.39 is 0 Å². The summed E-state index contributed by atoms with van der Waals surface area (Å²) < 4.78 is 2.21. The number of nitrogens with one attached hydrogen (secondary N) is 1.